The van der Waals surface area contributed by atoms with Crippen LogP contribution < -0.4 is 0 Å². The van der Waals surface area contributed by atoms with Crippen molar-refractivity contribution in [2.24, 2.45) is 47.3 Å². The Morgan fingerprint density at radius 3 is 1.45 bits per heavy atom. The van der Waals surface area contributed by atoms with E-state index in [9.17, 15) is 14.4 Å². The van der Waals surface area contributed by atoms with Crippen molar-refractivity contribution in [1.29, 1.82) is 0 Å². The summed E-state index contributed by atoms with van der Waals surface area (Å²) < 4.78 is 19.8. The van der Waals surface area contributed by atoms with Gasteiger partial charge in [0.25, 0.3) is 0 Å². The van der Waals surface area contributed by atoms with Gasteiger partial charge in [-0.15, -0.1) is 0 Å². The number of rotatable bonds is 4. The van der Waals surface area contributed by atoms with E-state index in [0.717, 1.165) is 49.9 Å². The average molecular weight is 539 g/mol. The van der Waals surface area contributed by atoms with Gasteiger partial charge in [-0.3, -0.25) is 14.4 Å². The third-order valence-electron chi connectivity index (χ3n) is 7.85. The smallest absolute Gasteiger partial charge is 0.309 e. The van der Waals surface area contributed by atoms with Gasteiger partial charge >= 0.3 is 17.9 Å². The molecule has 0 spiro atoms. The van der Waals surface area contributed by atoms with Gasteiger partial charge < -0.3 is 18.9 Å². The van der Waals surface area contributed by atoms with Gasteiger partial charge in [0, 0.05) is 12.3 Å². The van der Waals surface area contributed by atoms with Crippen molar-refractivity contribution in [2.75, 3.05) is 26.4 Å². The molecule has 4 saturated heterocycles. The molecule has 7 nitrogen and oxygen atoms in total. The van der Waals surface area contributed by atoms with Gasteiger partial charge in [-0.1, -0.05) is 62.0 Å². The number of hydrogen-bond donors (Lipinski definition) is 0. The van der Waals surface area contributed by atoms with Gasteiger partial charge in [0.05, 0.1) is 50.4 Å². The lowest BCUT2D eigenvalue weighted by molar-refractivity contribution is -0.154. The largest absolute Gasteiger partial charge is 0.499 e. The summed E-state index contributed by atoms with van der Waals surface area (Å²) in [6, 6.07) is 0. The maximum Gasteiger partial charge on any atom is 0.309 e. The summed E-state index contributed by atoms with van der Waals surface area (Å²) in [5.74, 6) is 4.78. The highest BCUT2D eigenvalue weighted by atomic mass is 16.5. The number of cyclic esters (lactones) is 3. The van der Waals surface area contributed by atoms with Crippen molar-refractivity contribution in [3.8, 4) is 0 Å². The van der Waals surface area contributed by atoms with Crippen LogP contribution in [-0.4, -0.2) is 44.3 Å². The molecule has 0 aromatic rings. The molecule has 0 aromatic heterocycles. The number of allylic oxidation sites excluding steroid dienone is 1. The minimum absolute atomic E-state index is 0.00116. The van der Waals surface area contributed by atoms with Crippen molar-refractivity contribution in [2.45, 2.75) is 93.9 Å². The van der Waals surface area contributed by atoms with E-state index in [4.69, 9.17) is 18.9 Å². The first kappa shape index (κ1) is 34.0. The molecule has 0 amide bonds. The van der Waals surface area contributed by atoms with Gasteiger partial charge in [0.2, 0.25) is 0 Å². The fourth-order valence-electron chi connectivity index (χ4n) is 4.76. The van der Waals surface area contributed by atoms with Crippen LogP contribution in [0.3, 0.4) is 0 Å². The summed E-state index contributed by atoms with van der Waals surface area (Å²) in [5, 5.41) is 0. The van der Waals surface area contributed by atoms with Gasteiger partial charge in [-0.25, -0.2) is 0 Å². The number of carbonyl (C=O) groups excluding carboxylic acids is 3. The SMILES string of the molecule is C=C1CC(C(C)C)CCO1.CC(C)C1CCCOC1=O.CC(C)C1CCOC1=O.CC(C)C1COC(=O)C1. The molecule has 0 aromatic carbocycles. The molecule has 0 radical (unpaired) electrons. The minimum atomic E-state index is -0.0336. The number of hydrogen-bond acceptors (Lipinski definition) is 7. The molecule has 4 unspecified atom stereocenters. The lowest BCUT2D eigenvalue weighted by Gasteiger charge is -2.26. The molecule has 4 heterocycles. The highest BCUT2D eigenvalue weighted by molar-refractivity contribution is 5.74. The van der Waals surface area contributed by atoms with Gasteiger partial charge in [-0.05, 0) is 55.3 Å². The number of carbonyl (C=O) groups is 3. The Balaban J connectivity index is 0.000000254. The fourth-order valence-corrected chi connectivity index (χ4v) is 4.76. The molecule has 4 fully saturated rings. The van der Waals surface area contributed by atoms with Crippen LogP contribution in [0.25, 0.3) is 0 Å². The zero-order valence-corrected chi connectivity index (χ0v) is 25.3. The summed E-state index contributed by atoms with van der Waals surface area (Å²) in [6.07, 6.45) is 5.85. The van der Waals surface area contributed by atoms with E-state index in [-0.39, 0.29) is 29.7 Å². The monoisotopic (exact) mass is 538 g/mol. The molecule has 4 rings (SSSR count). The summed E-state index contributed by atoms with van der Waals surface area (Å²) in [7, 11) is 0. The second kappa shape index (κ2) is 17.5. The van der Waals surface area contributed by atoms with Crippen molar-refractivity contribution < 1.29 is 33.3 Å². The first-order valence-corrected chi connectivity index (χ1v) is 14.6. The van der Waals surface area contributed by atoms with E-state index in [1.165, 1.54) is 6.42 Å². The maximum atomic E-state index is 11.0. The van der Waals surface area contributed by atoms with E-state index in [1.54, 1.807) is 0 Å². The summed E-state index contributed by atoms with van der Waals surface area (Å²) >= 11 is 0. The molecule has 0 N–H and O–H groups in total. The minimum Gasteiger partial charge on any atom is -0.499 e. The Kier molecular flexibility index (Phi) is 15.7. The highest BCUT2D eigenvalue weighted by Gasteiger charge is 2.29. The van der Waals surface area contributed by atoms with Crippen LogP contribution in [0.15, 0.2) is 12.3 Å². The molecule has 0 saturated carbocycles. The zero-order valence-electron chi connectivity index (χ0n) is 25.3. The Morgan fingerprint density at radius 1 is 0.605 bits per heavy atom. The third-order valence-corrected chi connectivity index (χ3v) is 7.85. The first-order valence-electron chi connectivity index (χ1n) is 14.6. The van der Waals surface area contributed by atoms with Crippen molar-refractivity contribution in [1.82, 2.24) is 0 Å². The molecule has 4 atom stereocenters. The lowest BCUT2D eigenvalue weighted by Crippen LogP contribution is -2.27. The van der Waals surface area contributed by atoms with Gasteiger partial charge in [0.15, 0.2) is 0 Å². The van der Waals surface area contributed by atoms with Crippen molar-refractivity contribution in [3.05, 3.63) is 12.3 Å². The predicted molar refractivity (Wildman–Crippen MR) is 149 cm³/mol. The van der Waals surface area contributed by atoms with Gasteiger partial charge in [0.1, 0.15) is 0 Å². The Bertz CT molecular complexity index is 741. The van der Waals surface area contributed by atoms with Crippen LogP contribution >= 0.6 is 0 Å². The van der Waals surface area contributed by atoms with Gasteiger partial charge in [-0.2, -0.15) is 0 Å². The molecule has 220 valence electrons. The predicted octanol–water partition coefficient (Wildman–Crippen LogP) is 6.59. The molecular formula is C31H54O7. The lowest BCUT2D eigenvalue weighted by atomic mass is 9.88. The summed E-state index contributed by atoms with van der Waals surface area (Å²) in [5.41, 5.74) is 0. The van der Waals surface area contributed by atoms with Crippen LogP contribution in [0.1, 0.15) is 93.9 Å². The van der Waals surface area contributed by atoms with Crippen LogP contribution in [0, 0.1) is 47.3 Å². The molecule has 7 heteroatoms. The number of ether oxygens (including phenoxy) is 4. The van der Waals surface area contributed by atoms with Crippen LogP contribution in [0.5, 0.6) is 0 Å². The zero-order chi connectivity index (χ0) is 28.8. The molecule has 4 aliphatic rings. The first-order chi connectivity index (χ1) is 17.8. The molecule has 0 bridgehead atoms. The van der Waals surface area contributed by atoms with E-state index >= 15 is 0 Å². The summed E-state index contributed by atoms with van der Waals surface area (Å²) in [4.78, 5) is 32.3. The Labute approximate surface area is 231 Å². The standard InChI is InChI=1S/C9H16O.C8H14O2.2C7H12O2/c1-7(2)9-4-5-10-8(3)6-9;1-6(2)7-4-3-5-10-8(7)9;1-5(2)6-3-7(8)9-4-6;1-5(2)6-3-4-9-7(6)8/h7,9H,3-6H2,1-2H3;6-7H,3-5H2,1-2H3;2*5-6H,3-4H2,1-2H3. The van der Waals surface area contributed by atoms with Crippen LogP contribution in [-0.2, 0) is 33.3 Å². The second-order valence-corrected chi connectivity index (χ2v) is 12.2. The van der Waals surface area contributed by atoms with Crippen molar-refractivity contribution >= 4 is 17.9 Å². The van der Waals surface area contributed by atoms with E-state index in [2.05, 4.69) is 62.0 Å². The van der Waals surface area contributed by atoms with Crippen LogP contribution in [0.2, 0.25) is 0 Å². The maximum absolute atomic E-state index is 11.0. The van der Waals surface area contributed by atoms with E-state index in [1.807, 2.05) is 0 Å². The average Bonchev–Trinajstić information content (AvgIpc) is 3.49. The molecule has 0 aliphatic carbocycles. The molecular weight excluding hydrogens is 484 g/mol. The van der Waals surface area contributed by atoms with E-state index < -0.39 is 0 Å². The topological polar surface area (TPSA) is 88.1 Å². The third kappa shape index (κ3) is 12.7. The Morgan fingerprint density at radius 2 is 1.13 bits per heavy atom. The van der Waals surface area contributed by atoms with Crippen LogP contribution in [0.4, 0.5) is 0 Å². The highest BCUT2D eigenvalue weighted by Crippen LogP contribution is 2.27. The summed E-state index contributed by atoms with van der Waals surface area (Å²) in [6.45, 7) is 23.6. The molecule has 4 aliphatic heterocycles. The normalized spacial score (nSPS) is 26.8. The fraction of sp³-hybridized carbons (Fsp3) is 0.839. The molecule has 38 heavy (non-hydrogen) atoms. The Hall–Kier alpha value is -2.05. The van der Waals surface area contributed by atoms with Crippen molar-refractivity contribution in [3.63, 3.8) is 0 Å². The quantitative estimate of drug-likeness (QED) is 0.295. The van der Waals surface area contributed by atoms with E-state index in [0.29, 0.717) is 49.9 Å². The second-order valence-electron chi connectivity index (χ2n) is 12.2. The number of esters is 3.